The lowest BCUT2D eigenvalue weighted by atomic mass is 9.84. The number of likely N-dealkylation sites (tertiary alicyclic amines) is 1. The summed E-state index contributed by atoms with van der Waals surface area (Å²) in [6.07, 6.45) is -15.2. The van der Waals surface area contributed by atoms with Gasteiger partial charge in [0.2, 0.25) is 0 Å². The van der Waals surface area contributed by atoms with Crippen LogP contribution in [0.15, 0.2) is 66.7 Å². The molecule has 0 radical (unpaired) electrons. The Hall–Kier alpha value is -5.26. The lowest BCUT2D eigenvalue weighted by molar-refractivity contribution is -0.306. The summed E-state index contributed by atoms with van der Waals surface area (Å²) in [6, 6.07) is 15.8. The van der Waals surface area contributed by atoms with Crippen LogP contribution >= 0.6 is 0 Å². The maximum atomic E-state index is 14.6. The van der Waals surface area contributed by atoms with Crippen LogP contribution in [0.3, 0.4) is 0 Å². The van der Waals surface area contributed by atoms with Crippen LogP contribution in [-0.4, -0.2) is 83.6 Å². The van der Waals surface area contributed by atoms with Gasteiger partial charge in [-0.3, -0.25) is 14.6 Å². The number of nitrogens with one attached hydrogen (secondary N) is 1. The maximum absolute atomic E-state index is 14.6. The lowest BCUT2D eigenvalue weighted by Gasteiger charge is -2.48. The zero-order chi connectivity index (χ0) is 40.8. The number of hydrogen-bond donors (Lipinski definition) is 1. The summed E-state index contributed by atoms with van der Waals surface area (Å²) in [6.45, 7) is 2.52. The molecule has 0 aliphatic carbocycles. The van der Waals surface area contributed by atoms with Gasteiger partial charge in [0.25, 0.3) is 5.91 Å². The van der Waals surface area contributed by atoms with Crippen molar-refractivity contribution >= 4 is 34.4 Å². The number of esters is 2. The molecule has 300 valence electrons. The Morgan fingerprint density at radius 2 is 1.36 bits per heavy atom. The minimum absolute atomic E-state index is 0.104. The van der Waals surface area contributed by atoms with Crippen molar-refractivity contribution in [3.05, 3.63) is 100 Å². The summed E-state index contributed by atoms with van der Waals surface area (Å²) >= 11 is 0. The Balaban J connectivity index is 1.39. The van der Waals surface area contributed by atoms with Crippen LogP contribution in [0.4, 0.5) is 45.2 Å². The number of carbonyl (C=O) groups is 3. The number of piperidine rings is 1. The highest BCUT2D eigenvalue weighted by Crippen LogP contribution is 2.39. The van der Waals surface area contributed by atoms with Gasteiger partial charge in [-0.05, 0) is 86.7 Å². The van der Waals surface area contributed by atoms with Crippen molar-refractivity contribution in [2.75, 3.05) is 37.6 Å². The number of hydrogen-bond acceptors (Lipinski definition) is 7. The molecule has 1 aromatic heterocycles. The van der Waals surface area contributed by atoms with Gasteiger partial charge in [0.15, 0.2) is 0 Å². The average molecular weight is 799 g/mol. The second kappa shape index (κ2) is 15.0. The third-order valence-corrected chi connectivity index (χ3v) is 10.1. The molecule has 1 N–H and O–H groups in total. The monoisotopic (exact) mass is 798 g/mol. The number of rotatable bonds is 7. The zero-order valence-electron chi connectivity index (χ0n) is 29.9. The zero-order valence-corrected chi connectivity index (χ0v) is 29.9. The largest absolute Gasteiger partial charge is 0.491 e. The number of ether oxygens (including phenoxy) is 2. The summed E-state index contributed by atoms with van der Waals surface area (Å²) in [5, 5.41) is 0.500. The van der Waals surface area contributed by atoms with E-state index in [1.165, 1.54) is 5.56 Å². The molecule has 3 aromatic carbocycles. The summed E-state index contributed by atoms with van der Waals surface area (Å²) in [4.78, 5) is 45.4. The molecule has 56 heavy (non-hydrogen) atoms. The number of H-pyrrole nitrogens is 1. The van der Waals surface area contributed by atoms with E-state index in [1.807, 2.05) is 36.9 Å². The van der Waals surface area contributed by atoms with Gasteiger partial charge >= 0.3 is 36.4 Å². The molecular formula is C38H35F9N4O5. The predicted molar refractivity (Wildman–Crippen MR) is 183 cm³/mol. The van der Waals surface area contributed by atoms with Crippen LogP contribution in [-0.2, 0) is 31.8 Å². The van der Waals surface area contributed by atoms with Crippen LogP contribution in [0.1, 0.15) is 57.1 Å². The van der Waals surface area contributed by atoms with Gasteiger partial charge in [0.05, 0.1) is 5.56 Å². The molecule has 0 unspecified atom stereocenters. The van der Waals surface area contributed by atoms with Gasteiger partial charge in [-0.2, -0.15) is 39.5 Å². The predicted octanol–water partition coefficient (Wildman–Crippen LogP) is 8.01. The Kier molecular flexibility index (Phi) is 10.8. The molecule has 1 amide bonds. The SMILES string of the molecule is Cc1cccc(C)c1C1CCN(Cc2c(C(=O)N3CCN(c4cccc(C(F)(F)F)c4)CC3(OC(=O)C(F)(F)F)OC(=O)C(F)(F)F)[nH]c3ccccc23)CC1. The van der Waals surface area contributed by atoms with E-state index < -0.39 is 73.2 Å². The second-order valence-electron chi connectivity index (χ2n) is 13.8. The topological polar surface area (TPSA) is 95.2 Å². The number of alkyl halides is 9. The summed E-state index contributed by atoms with van der Waals surface area (Å²) in [7, 11) is 0. The summed E-state index contributed by atoms with van der Waals surface area (Å²) in [5.41, 5.74) is 2.34. The van der Waals surface area contributed by atoms with E-state index in [-0.39, 0.29) is 23.1 Å². The molecule has 2 aliphatic rings. The van der Waals surface area contributed by atoms with E-state index in [4.69, 9.17) is 0 Å². The number of aromatic amines is 1. The van der Waals surface area contributed by atoms with Crippen LogP contribution in [0, 0.1) is 13.8 Å². The fourth-order valence-electron chi connectivity index (χ4n) is 7.51. The third-order valence-electron chi connectivity index (χ3n) is 10.1. The number of carbonyl (C=O) groups excluding carboxylic acids is 3. The normalized spacial score (nSPS) is 17.3. The Bertz CT molecular complexity index is 2070. The van der Waals surface area contributed by atoms with Gasteiger partial charge < -0.3 is 19.4 Å². The van der Waals surface area contributed by atoms with Crippen LogP contribution in [0.2, 0.25) is 0 Å². The van der Waals surface area contributed by atoms with Crippen molar-refractivity contribution in [2.24, 2.45) is 0 Å². The highest BCUT2D eigenvalue weighted by atomic mass is 19.4. The number of halogens is 9. The first-order valence-electron chi connectivity index (χ1n) is 17.4. The fourth-order valence-corrected chi connectivity index (χ4v) is 7.51. The second-order valence-corrected chi connectivity index (χ2v) is 13.8. The van der Waals surface area contributed by atoms with Gasteiger partial charge in [-0.25, -0.2) is 9.59 Å². The Morgan fingerprint density at radius 3 is 1.95 bits per heavy atom. The molecule has 2 saturated heterocycles. The maximum Gasteiger partial charge on any atom is 0.491 e. The molecular weight excluding hydrogens is 763 g/mol. The minimum atomic E-state index is -5.87. The first-order valence-corrected chi connectivity index (χ1v) is 17.4. The van der Waals surface area contributed by atoms with E-state index in [2.05, 4.69) is 14.5 Å². The van der Waals surface area contributed by atoms with Crippen molar-refractivity contribution in [1.29, 1.82) is 0 Å². The summed E-state index contributed by atoms with van der Waals surface area (Å²) in [5.74, 6) is -11.1. The summed E-state index contributed by atoms with van der Waals surface area (Å²) < 4.78 is 132. The van der Waals surface area contributed by atoms with Gasteiger partial charge in [0, 0.05) is 41.8 Å². The molecule has 0 saturated carbocycles. The van der Waals surface area contributed by atoms with E-state index >= 15 is 0 Å². The van der Waals surface area contributed by atoms with Crippen LogP contribution < -0.4 is 4.90 Å². The third kappa shape index (κ3) is 8.29. The number of fused-ring (bicyclic) bond motifs is 1. The first-order chi connectivity index (χ1) is 26.2. The van der Waals surface area contributed by atoms with Crippen molar-refractivity contribution in [2.45, 2.75) is 63.6 Å². The number of nitrogens with zero attached hydrogens (tertiary/aromatic N) is 3. The van der Waals surface area contributed by atoms with Gasteiger partial charge in [-0.15, -0.1) is 0 Å². The minimum Gasteiger partial charge on any atom is -0.395 e. The highest BCUT2D eigenvalue weighted by molar-refractivity contribution is 6.01. The molecule has 2 aliphatic heterocycles. The van der Waals surface area contributed by atoms with Gasteiger partial charge in [0.1, 0.15) is 12.2 Å². The van der Waals surface area contributed by atoms with E-state index in [0.717, 1.165) is 41.0 Å². The fraction of sp³-hybridized carbons (Fsp3) is 0.395. The first kappa shape index (κ1) is 40.4. The Labute approximate surface area is 313 Å². The number of aromatic nitrogens is 1. The molecule has 2 fully saturated rings. The number of anilines is 1. The Morgan fingerprint density at radius 1 is 0.768 bits per heavy atom. The van der Waals surface area contributed by atoms with Crippen molar-refractivity contribution in [3.8, 4) is 0 Å². The highest BCUT2D eigenvalue weighted by Gasteiger charge is 2.59. The number of aryl methyl sites for hydroxylation is 2. The van der Waals surface area contributed by atoms with Gasteiger partial charge in [-0.1, -0.05) is 42.5 Å². The molecule has 4 aromatic rings. The van der Waals surface area contributed by atoms with E-state index in [1.54, 1.807) is 24.3 Å². The standard InChI is InChI=1S/C38H35F9N4O5/c1-22-7-5-8-23(2)30(22)24-13-15-49(16-14-24)20-28-27-11-3-4-12-29(27)48-31(28)32(52)51-18-17-50(26-10-6-9-25(19-26)36(39,40)41)21-35(51,55-33(53)37(42,43)44)56-34(54)38(45,46)47/h3-12,19,24,48H,13-18,20-21H2,1-2H3. The quantitative estimate of drug-likeness (QED) is 0.115. The van der Waals surface area contributed by atoms with E-state index in [0.29, 0.717) is 41.7 Å². The number of benzene rings is 3. The number of amides is 1. The molecule has 0 atom stereocenters. The number of piperazine rings is 1. The molecule has 9 nitrogen and oxygen atoms in total. The average Bonchev–Trinajstić information content (AvgIpc) is 3.49. The van der Waals surface area contributed by atoms with Crippen molar-refractivity contribution < 1.29 is 63.4 Å². The molecule has 6 rings (SSSR count). The van der Waals surface area contributed by atoms with Crippen LogP contribution in [0.5, 0.6) is 0 Å². The lowest BCUT2D eigenvalue weighted by Crippen LogP contribution is -2.69. The molecule has 0 bridgehead atoms. The van der Waals surface area contributed by atoms with Crippen molar-refractivity contribution in [1.82, 2.24) is 14.8 Å². The van der Waals surface area contributed by atoms with Crippen LogP contribution in [0.25, 0.3) is 10.9 Å². The molecule has 3 heterocycles. The van der Waals surface area contributed by atoms with Crippen molar-refractivity contribution in [3.63, 3.8) is 0 Å². The van der Waals surface area contributed by atoms with E-state index in [9.17, 15) is 53.9 Å². The molecule has 18 heteroatoms. The smallest absolute Gasteiger partial charge is 0.395 e. The number of para-hydroxylation sites is 1. The molecule has 0 spiro atoms.